The van der Waals surface area contributed by atoms with Gasteiger partial charge in [-0.1, -0.05) is 48.5 Å². The van der Waals surface area contributed by atoms with Gasteiger partial charge >= 0.3 is 6.09 Å². The second-order valence-corrected chi connectivity index (χ2v) is 7.51. The van der Waals surface area contributed by atoms with Gasteiger partial charge in [0.25, 0.3) is 0 Å². The minimum Gasteiger partial charge on any atom is -0.437 e. The predicted molar refractivity (Wildman–Crippen MR) is 107 cm³/mol. The zero-order chi connectivity index (χ0) is 19.6. The van der Waals surface area contributed by atoms with E-state index in [2.05, 4.69) is 11.0 Å². The molecule has 2 aliphatic heterocycles. The fraction of sp³-hybridized carbons (Fsp3) is 0.364. The van der Waals surface area contributed by atoms with Crippen molar-refractivity contribution in [3.05, 3.63) is 65.7 Å². The number of ether oxygens (including phenoxy) is 1. The third kappa shape index (κ3) is 3.60. The second kappa shape index (κ2) is 7.64. The van der Waals surface area contributed by atoms with Crippen molar-refractivity contribution in [2.24, 2.45) is 5.73 Å². The predicted octanol–water partition coefficient (Wildman–Crippen LogP) is 3.01. The molecule has 146 valence electrons. The quantitative estimate of drug-likeness (QED) is 0.866. The number of hydrogen-bond acceptors (Lipinski definition) is 4. The summed E-state index contributed by atoms with van der Waals surface area (Å²) < 4.78 is 6.07. The van der Waals surface area contributed by atoms with Crippen LogP contribution in [0.3, 0.4) is 0 Å². The number of amides is 2. The highest BCUT2D eigenvalue weighted by atomic mass is 16.6. The number of nitrogens with zero attached hydrogens (tertiary/aromatic N) is 2. The molecule has 0 saturated carbocycles. The average molecular weight is 379 g/mol. The van der Waals surface area contributed by atoms with E-state index in [0.29, 0.717) is 32.4 Å². The number of rotatable bonds is 5. The molecule has 2 aliphatic rings. The molecule has 6 heteroatoms. The first-order valence-corrected chi connectivity index (χ1v) is 9.72. The molecule has 1 spiro atoms. The van der Waals surface area contributed by atoms with Gasteiger partial charge in [0.15, 0.2) is 0 Å². The second-order valence-electron chi connectivity index (χ2n) is 7.51. The van der Waals surface area contributed by atoms with E-state index in [1.807, 2.05) is 48.5 Å². The number of benzene rings is 2. The van der Waals surface area contributed by atoms with E-state index in [1.165, 1.54) is 0 Å². The largest absolute Gasteiger partial charge is 0.437 e. The summed E-state index contributed by atoms with van der Waals surface area (Å²) in [5.41, 5.74) is 7.73. The first-order valence-electron chi connectivity index (χ1n) is 9.72. The molecule has 4 rings (SSSR count). The molecule has 6 nitrogen and oxygen atoms in total. The van der Waals surface area contributed by atoms with Crippen molar-refractivity contribution in [1.82, 2.24) is 4.90 Å². The van der Waals surface area contributed by atoms with Crippen molar-refractivity contribution in [3.8, 4) is 0 Å². The van der Waals surface area contributed by atoms with Crippen molar-refractivity contribution in [1.29, 1.82) is 0 Å². The van der Waals surface area contributed by atoms with Gasteiger partial charge in [-0.15, -0.1) is 0 Å². The Morgan fingerprint density at radius 3 is 2.43 bits per heavy atom. The van der Waals surface area contributed by atoms with Gasteiger partial charge in [0, 0.05) is 44.5 Å². The van der Waals surface area contributed by atoms with Gasteiger partial charge in [-0.25, -0.2) is 4.79 Å². The standard InChI is InChI=1S/C22H25N3O3/c23-20(26)10-13-24-14-11-22(12-15-24)18-8-4-5-9-19(18)25(21(27)28-22)16-17-6-2-1-3-7-17/h1-9H,10-16H2,(H2,23,26). The Hall–Kier alpha value is -2.86. The molecule has 0 atom stereocenters. The number of primary amides is 1. The molecular weight excluding hydrogens is 354 g/mol. The van der Waals surface area contributed by atoms with E-state index in [0.717, 1.165) is 29.9 Å². The molecule has 28 heavy (non-hydrogen) atoms. The highest BCUT2D eigenvalue weighted by molar-refractivity contribution is 5.91. The summed E-state index contributed by atoms with van der Waals surface area (Å²) in [6, 6.07) is 18.0. The van der Waals surface area contributed by atoms with Crippen LogP contribution >= 0.6 is 0 Å². The van der Waals surface area contributed by atoms with Crippen LogP contribution in [0.1, 0.15) is 30.4 Å². The molecule has 0 aromatic heterocycles. The van der Waals surface area contributed by atoms with Crippen molar-refractivity contribution in [2.75, 3.05) is 24.5 Å². The lowest BCUT2D eigenvalue weighted by atomic mass is 9.82. The average Bonchev–Trinajstić information content (AvgIpc) is 2.71. The molecule has 2 aromatic carbocycles. The molecular formula is C22H25N3O3. The van der Waals surface area contributed by atoms with Crippen LogP contribution < -0.4 is 10.6 Å². The SMILES string of the molecule is NC(=O)CCN1CCC2(CC1)OC(=O)N(Cc1ccccc1)c1ccccc12. The lowest BCUT2D eigenvalue weighted by molar-refractivity contribution is -0.118. The van der Waals surface area contributed by atoms with E-state index >= 15 is 0 Å². The molecule has 0 aliphatic carbocycles. The molecule has 2 N–H and O–H groups in total. The van der Waals surface area contributed by atoms with Crippen molar-refractivity contribution in [2.45, 2.75) is 31.4 Å². The Labute approximate surface area is 164 Å². The number of carbonyl (C=O) groups is 2. The first-order chi connectivity index (χ1) is 13.6. The monoisotopic (exact) mass is 379 g/mol. The third-order valence-electron chi connectivity index (χ3n) is 5.71. The topological polar surface area (TPSA) is 75.9 Å². The summed E-state index contributed by atoms with van der Waals surface area (Å²) in [5, 5.41) is 0. The molecule has 0 bridgehead atoms. The Bertz CT molecular complexity index is 860. The number of hydrogen-bond donors (Lipinski definition) is 1. The van der Waals surface area contributed by atoms with Crippen LogP contribution in [-0.2, 0) is 21.7 Å². The maximum atomic E-state index is 13.0. The van der Waals surface area contributed by atoms with Crippen LogP contribution in [0.4, 0.5) is 10.5 Å². The smallest absolute Gasteiger partial charge is 0.415 e. The Kier molecular flexibility index (Phi) is 5.05. The number of fused-ring (bicyclic) bond motifs is 2. The number of anilines is 1. The van der Waals surface area contributed by atoms with Crippen molar-refractivity contribution in [3.63, 3.8) is 0 Å². The van der Waals surface area contributed by atoms with Crippen LogP contribution in [-0.4, -0.2) is 36.5 Å². The van der Waals surface area contributed by atoms with E-state index < -0.39 is 5.60 Å². The molecule has 0 unspecified atom stereocenters. The summed E-state index contributed by atoms with van der Waals surface area (Å²) in [6.07, 6.45) is 1.49. The Balaban J connectivity index is 1.57. The van der Waals surface area contributed by atoms with E-state index in [4.69, 9.17) is 10.5 Å². The van der Waals surface area contributed by atoms with E-state index in [1.54, 1.807) is 4.90 Å². The highest BCUT2D eigenvalue weighted by Crippen LogP contribution is 2.45. The van der Waals surface area contributed by atoms with Crippen LogP contribution in [0.15, 0.2) is 54.6 Å². The van der Waals surface area contributed by atoms with Gasteiger partial charge in [-0.3, -0.25) is 9.69 Å². The Morgan fingerprint density at radius 1 is 1.04 bits per heavy atom. The molecule has 1 fully saturated rings. The zero-order valence-electron chi connectivity index (χ0n) is 15.8. The van der Waals surface area contributed by atoms with Crippen molar-refractivity contribution < 1.29 is 14.3 Å². The fourth-order valence-electron chi connectivity index (χ4n) is 4.16. The third-order valence-corrected chi connectivity index (χ3v) is 5.71. The van der Waals surface area contributed by atoms with Crippen LogP contribution in [0.2, 0.25) is 0 Å². The van der Waals surface area contributed by atoms with Gasteiger partial charge in [-0.05, 0) is 11.6 Å². The summed E-state index contributed by atoms with van der Waals surface area (Å²) in [5.74, 6) is -0.286. The summed E-state index contributed by atoms with van der Waals surface area (Å²) >= 11 is 0. The van der Waals surface area contributed by atoms with Crippen LogP contribution in [0.25, 0.3) is 0 Å². The first kappa shape index (κ1) is 18.5. The molecule has 0 radical (unpaired) electrons. The molecule has 2 amide bonds. The zero-order valence-corrected chi connectivity index (χ0v) is 15.8. The number of piperidine rings is 1. The van der Waals surface area contributed by atoms with Gasteiger partial charge in [-0.2, -0.15) is 0 Å². The lowest BCUT2D eigenvalue weighted by Crippen LogP contribution is -2.51. The number of para-hydroxylation sites is 1. The molecule has 2 aromatic rings. The van der Waals surface area contributed by atoms with Gasteiger partial charge in [0.2, 0.25) is 5.91 Å². The van der Waals surface area contributed by atoms with Crippen LogP contribution in [0, 0.1) is 0 Å². The molecule has 1 saturated heterocycles. The maximum Gasteiger partial charge on any atom is 0.415 e. The minimum atomic E-state index is -0.593. The van der Waals surface area contributed by atoms with E-state index in [-0.39, 0.29) is 12.0 Å². The van der Waals surface area contributed by atoms with Gasteiger partial charge in [0.05, 0.1) is 12.2 Å². The summed E-state index contributed by atoms with van der Waals surface area (Å²) in [4.78, 5) is 27.9. The number of carbonyl (C=O) groups excluding carboxylic acids is 2. The van der Waals surface area contributed by atoms with Gasteiger partial charge in [0.1, 0.15) is 5.60 Å². The Morgan fingerprint density at radius 2 is 1.71 bits per heavy atom. The van der Waals surface area contributed by atoms with E-state index in [9.17, 15) is 9.59 Å². The number of likely N-dealkylation sites (tertiary alicyclic amines) is 1. The minimum absolute atomic E-state index is 0.286. The highest BCUT2D eigenvalue weighted by Gasteiger charge is 2.46. The molecule has 2 heterocycles. The van der Waals surface area contributed by atoms with Crippen LogP contribution in [0.5, 0.6) is 0 Å². The van der Waals surface area contributed by atoms with Crippen molar-refractivity contribution >= 4 is 17.7 Å². The summed E-state index contributed by atoms with van der Waals surface area (Å²) in [7, 11) is 0. The maximum absolute atomic E-state index is 13.0. The normalized spacial score (nSPS) is 18.6. The lowest BCUT2D eigenvalue weighted by Gasteiger charge is -2.46. The number of nitrogens with two attached hydrogens (primary N) is 1. The fourth-order valence-corrected chi connectivity index (χ4v) is 4.16. The summed E-state index contributed by atoms with van der Waals surface area (Å²) in [6.45, 7) is 2.68. The van der Waals surface area contributed by atoms with Gasteiger partial charge < -0.3 is 15.4 Å².